The highest BCUT2D eigenvalue weighted by atomic mass is 16.5. The van der Waals surface area contributed by atoms with Crippen molar-refractivity contribution < 1.29 is 14.3 Å². The number of fused-ring (bicyclic) bond motifs is 2. The predicted octanol–water partition coefficient (Wildman–Crippen LogP) is 4.45. The van der Waals surface area contributed by atoms with Crippen molar-refractivity contribution in [3.63, 3.8) is 0 Å². The van der Waals surface area contributed by atoms with E-state index in [1.807, 2.05) is 0 Å². The Morgan fingerprint density at radius 2 is 1.95 bits per heavy atom. The zero-order valence-corrected chi connectivity index (χ0v) is 14.3. The fourth-order valence-electron chi connectivity index (χ4n) is 3.81. The summed E-state index contributed by atoms with van der Waals surface area (Å²) in [5.74, 6) is 0.790. The Kier molecular flexibility index (Phi) is 6.22. The average molecular weight is 306 g/mol. The van der Waals surface area contributed by atoms with Crippen molar-refractivity contribution in [2.45, 2.75) is 78.2 Å². The third-order valence-corrected chi connectivity index (χ3v) is 5.24. The molecule has 0 heterocycles. The van der Waals surface area contributed by atoms with Gasteiger partial charge in [-0.25, -0.2) is 4.79 Å². The number of allylic oxidation sites excluding steroid dienone is 2. The molecule has 22 heavy (non-hydrogen) atoms. The van der Waals surface area contributed by atoms with Crippen molar-refractivity contribution in [1.82, 2.24) is 0 Å². The van der Waals surface area contributed by atoms with E-state index in [0.717, 1.165) is 38.0 Å². The lowest BCUT2D eigenvalue weighted by Crippen LogP contribution is -2.28. The van der Waals surface area contributed by atoms with Crippen LogP contribution >= 0.6 is 0 Å². The van der Waals surface area contributed by atoms with Gasteiger partial charge in [-0.2, -0.15) is 0 Å². The van der Waals surface area contributed by atoms with Gasteiger partial charge < -0.3 is 4.74 Å². The van der Waals surface area contributed by atoms with Crippen LogP contribution in [0.15, 0.2) is 11.6 Å². The molecule has 0 aromatic rings. The first-order valence-corrected chi connectivity index (χ1v) is 8.83. The van der Waals surface area contributed by atoms with E-state index < -0.39 is 5.97 Å². The molecule has 3 heteroatoms. The minimum absolute atomic E-state index is 0.0188. The highest BCUT2D eigenvalue weighted by Crippen LogP contribution is 2.45. The third-order valence-electron chi connectivity index (χ3n) is 5.24. The number of rotatable bonds is 8. The molecule has 2 aliphatic carbocycles. The maximum absolute atomic E-state index is 11.9. The first-order valence-electron chi connectivity index (χ1n) is 8.83. The second kappa shape index (κ2) is 7.94. The SMILES string of the molecule is CC(C)=CCCC(C)CCC(=O)C(=O)OC1CC2CCC1C2. The smallest absolute Gasteiger partial charge is 0.374 e. The van der Waals surface area contributed by atoms with Crippen LogP contribution in [0, 0.1) is 17.8 Å². The summed E-state index contributed by atoms with van der Waals surface area (Å²) >= 11 is 0. The topological polar surface area (TPSA) is 43.4 Å². The number of carbonyl (C=O) groups excluding carboxylic acids is 2. The second-order valence-electron chi connectivity index (χ2n) is 7.54. The maximum atomic E-state index is 11.9. The van der Waals surface area contributed by atoms with Gasteiger partial charge in [-0.05, 0) is 76.5 Å². The minimum atomic E-state index is -0.589. The molecule has 0 aromatic carbocycles. The van der Waals surface area contributed by atoms with Crippen LogP contribution in [0.2, 0.25) is 0 Å². The Bertz CT molecular complexity index is 434. The molecule has 124 valence electrons. The third kappa shape index (κ3) is 4.96. The number of ketones is 1. The monoisotopic (exact) mass is 306 g/mol. The Hall–Kier alpha value is -1.12. The van der Waals surface area contributed by atoms with Gasteiger partial charge in [0.25, 0.3) is 0 Å². The molecule has 0 saturated heterocycles. The lowest BCUT2D eigenvalue weighted by molar-refractivity contribution is -0.160. The molecule has 2 aliphatic rings. The predicted molar refractivity (Wildman–Crippen MR) is 87.4 cm³/mol. The van der Waals surface area contributed by atoms with E-state index >= 15 is 0 Å². The fourth-order valence-corrected chi connectivity index (χ4v) is 3.81. The number of esters is 1. The van der Waals surface area contributed by atoms with Gasteiger partial charge in [-0.3, -0.25) is 4.79 Å². The van der Waals surface area contributed by atoms with E-state index in [9.17, 15) is 9.59 Å². The van der Waals surface area contributed by atoms with Crippen molar-refractivity contribution in [1.29, 1.82) is 0 Å². The summed E-state index contributed by atoms with van der Waals surface area (Å²) in [6, 6.07) is 0. The van der Waals surface area contributed by atoms with Crippen molar-refractivity contribution in [2.75, 3.05) is 0 Å². The molecule has 2 saturated carbocycles. The van der Waals surface area contributed by atoms with Crippen LogP contribution in [0.3, 0.4) is 0 Å². The number of ether oxygens (including phenoxy) is 1. The number of carbonyl (C=O) groups is 2. The molecule has 2 fully saturated rings. The first kappa shape index (κ1) is 17.2. The highest BCUT2D eigenvalue weighted by molar-refractivity contribution is 6.33. The average Bonchev–Trinajstić information content (AvgIpc) is 3.06. The van der Waals surface area contributed by atoms with Gasteiger partial charge in [0, 0.05) is 6.42 Å². The van der Waals surface area contributed by atoms with Crippen LogP contribution in [-0.4, -0.2) is 17.9 Å². The number of hydrogen-bond acceptors (Lipinski definition) is 3. The van der Waals surface area contributed by atoms with Crippen molar-refractivity contribution >= 4 is 11.8 Å². The van der Waals surface area contributed by atoms with Gasteiger partial charge in [0.2, 0.25) is 5.78 Å². The molecule has 0 amide bonds. The molecule has 2 bridgehead atoms. The Morgan fingerprint density at radius 1 is 1.18 bits per heavy atom. The van der Waals surface area contributed by atoms with E-state index in [4.69, 9.17) is 4.74 Å². The van der Waals surface area contributed by atoms with Gasteiger partial charge in [-0.15, -0.1) is 0 Å². The zero-order chi connectivity index (χ0) is 16.1. The molecule has 3 nitrogen and oxygen atoms in total. The largest absolute Gasteiger partial charge is 0.456 e. The molecule has 2 rings (SSSR count). The van der Waals surface area contributed by atoms with Gasteiger partial charge in [0.15, 0.2) is 0 Å². The van der Waals surface area contributed by atoms with E-state index in [2.05, 4.69) is 26.8 Å². The minimum Gasteiger partial charge on any atom is -0.456 e. The van der Waals surface area contributed by atoms with Gasteiger partial charge in [0.05, 0.1) is 0 Å². The summed E-state index contributed by atoms with van der Waals surface area (Å²) in [4.78, 5) is 23.8. The summed E-state index contributed by atoms with van der Waals surface area (Å²) in [5, 5.41) is 0. The molecule has 0 spiro atoms. The van der Waals surface area contributed by atoms with Gasteiger partial charge in [-0.1, -0.05) is 18.6 Å². The van der Waals surface area contributed by atoms with Crippen molar-refractivity contribution in [3.8, 4) is 0 Å². The molecule has 0 radical (unpaired) electrons. The lowest BCUT2D eigenvalue weighted by Gasteiger charge is -2.21. The van der Waals surface area contributed by atoms with Crippen LogP contribution in [0.25, 0.3) is 0 Å². The summed E-state index contributed by atoms with van der Waals surface area (Å²) in [6.45, 7) is 6.34. The normalized spacial score (nSPS) is 27.5. The van der Waals surface area contributed by atoms with Crippen LogP contribution < -0.4 is 0 Å². The van der Waals surface area contributed by atoms with E-state index in [-0.39, 0.29) is 11.9 Å². The summed E-state index contributed by atoms with van der Waals surface area (Å²) in [7, 11) is 0. The maximum Gasteiger partial charge on any atom is 0.374 e. The van der Waals surface area contributed by atoms with E-state index in [1.165, 1.54) is 18.4 Å². The Morgan fingerprint density at radius 3 is 2.55 bits per heavy atom. The van der Waals surface area contributed by atoms with Crippen LogP contribution in [0.5, 0.6) is 0 Å². The van der Waals surface area contributed by atoms with E-state index in [1.54, 1.807) is 0 Å². The Labute approximate surface area is 134 Å². The molecular weight excluding hydrogens is 276 g/mol. The number of Topliss-reactive ketones (excluding diaryl/α,β-unsaturated/α-hetero) is 1. The Balaban J connectivity index is 1.64. The van der Waals surface area contributed by atoms with Crippen LogP contribution in [-0.2, 0) is 14.3 Å². The first-order chi connectivity index (χ1) is 10.5. The van der Waals surface area contributed by atoms with Crippen molar-refractivity contribution in [3.05, 3.63) is 11.6 Å². The fraction of sp³-hybridized carbons (Fsp3) is 0.789. The standard InChI is InChI=1S/C19H30O3/c1-13(2)5-4-6-14(3)7-10-17(20)19(21)22-18-12-15-8-9-16(18)11-15/h5,14-16,18H,4,6-12H2,1-3H3. The van der Waals surface area contributed by atoms with Gasteiger partial charge in [0.1, 0.15) is 6.10 Å². The van der Waals surface area contributed by atoms with Crippen LogP contribution in [0.1, 0.15) is 72.1 Å². The van der Waals surface area contributed by atoms with Gasteiger partial charge >= 0.3 is 5.97 Å². The second-order valence-corrected chi connectivity index (χ2v) is 7.54. The summed E-state index contributed by atoms with van der Waals surface area (Å²) in [5.41, 5.74) is 1.33. The number of hydrogen-bond donors (Lipinski definition) is 0. The molecule has 4 atom stereocenters. The lowest BCUT2D eigenvalue weighted by atomic mass is 9.97. The molecule has 0 N–H and O–H groups in total. The molecule has 4 unspecified atom stereocenters. The molecule has 0 aliphatic heterocycles. The highest BCUT2D eigenvalue weighted by Gasteiger charge is 2.42. The van der Waals surface area contributed by atoms with Crippen LogP contribution in [0.4, 0.5) is 0 Å². The molecule has 0 aromatic heterocycles. The summed E-state index contributed by atoms with van der Waals surface area (Å²) in [6.07, 6.45) is 10.1. The molecular formula is C19H30O3. The quantitative estimate of drug-likeness (QED) is 0.378. The zero-order valence-electron chi connectivity index (χ0n) is 14.3. The van der Waals surface area contributed by atoms with E-state index in [0.29, 0.717) is 18.3 Å². The van der Waals surface area contributed by atoms with Crippen molar-refractivity contribution in [2.24, 2.45) is 17.8 Å². The summed E-state index contributed by atoms with van der Waals surface area (Å²) < 4.78 is 5.45.